The van der Waals surface area contributed by atoms with Crippen molar-refractivity contribution in [2.75, 3.05) is 0 Å². The molecule has 2 unspecified atom stereocenters. The van der Waals surface area contributed by atoms with Crippen molar-refractivity contribution in [2.45, 2.75) is 45.3 Å². The van der Waals surface area contributed by atoms with Crippen molar-refractivity contribution in [1.82, 2.24) is 9.80 Å². The van der Waals surface area contributed by atoms with Crippen LogP contribution in [0.5, 0.6) is 0 Å². The summed E-state index contributed by atoms with van der Waals surface area (Å²) in [6.45, 7) is 4.19. The third-order valence-corrected chi connectivity index (χ3v) is 5.84. The average molecular weight is 376 g/mol. The largest absolute Gasteiger partial charge is 0.334 e. The standard InChI is InChI=1S/C23H24N2O3/c1-15(18-12-13-18)24(14-17-8-4-3-5-9-17)21(26)16(2)25-22(27)19-10-6-7-11-20(19)23(25)28/h3-11,15-16,18H,12-14H2,1-2H3. The molecular weight excluding hydrogens is 352 g/mol. The van der Waals surface area contributed by atoms with Crippen LogP contribution in [0.15, 0.2) is 54.6 Å². The van der Waals surface area contributed by atoms with Gasteiger partial charge in [0.15, 0.2) is 0 Å². The third-order valence-electron chi connectivity index (χ3n) is 5.84. The summed E-state index contributed by atoms with van der Waals surface area (Å²) in [4.78, 5) is 41.9. The highest BCUT2D eigenvalue weighted by Gasteiger charge is 2.43. The second kappa shape index (κ2) is 7.23. The molecule has 28 heavy (non-hydrogen) atoms. The first-order chi connectivity index (χ1) is 13.5. The molecule has 2 aromatic carbocycles. The lowest BCUT2D eigenvalue weighted by Gasteiger charge is -2.34. The Morgan fingerprint density at radius 2 is 1.50 bits per heavy atom. The van der Waals surface area contributed by atoms with E-state index in [1.54, 1.807) is 31.2 Å². The summed E-state index contributed by atoms with van der Waals surface area (Å²) < 4.78 is 0. The molecule has 1 fully saturated rings. The van der Waals surface area contributed by atoms with Crippen molar-refractivity contribution in [1.29, 1.82) is 0 Å². The molecule has 2 aromatic rings. The van der Waals surface area contributed by atoms with E-state index in [1.165, 1.54) is 0 Å². The van der Waals surface area contributed by atoms with Crippen LogP contribution in [0.25, 0.3) is 0 Å². The van der Waals surface area contributed by atoms with Crippen molar-refractivity contribution in [2.24, 2.45) is 5.92 Å². The molecule has 2 aliphatic rings. The van der Waals surface area contributed by atoms with Gasteiger partial charge < -0.3 is 4.90 Å². The van der Waals surface area contributed by atoms with Gasteiger partial charge in [0.2, 0.25) is 5.91 Å². The lowest BCUT2D eigenvalue weighted by Crippen LogP contribution is -2.52. The van der Waals surface area contributed by atoms with Gasteiger partial charge in [0.25, 0.3) is 11.8 Å². The maximum Gasteiger partial charge on any atom is 0.262 e. The number of carbonyl (C=O) groups excluding carboxylic acids is 3. The first-order valence-electron chi connectivity index (χ1n) is 9.80. The van der Waals surface area contributed by atoms with Crippen molar-refractivity contribution >= 4 is 17.7 Å². The molecule has 0 bridgehead atoms. The van der Waals surface area contributed by atoms with E-state index >= 15 is 0 Å². The van der Waals surface area contributed by atoms with Crippen LogP contribution in [0.1, 0.15) is 53.0 Å². The van der Waals surface area contributed by atoms with Crippen molar-refractivity contribution in [3.63, 3.8) is 0 Å². The summed E-state index contributed by atoms with van der Waals surface area (Å²) in [5.74, 6) is -0.472. The number of hydrogen-bond donors (Lipinski definition) is 0. The van der Waals surface area contributed by atoms with E-state index in [1.807, 2.05) is 35.2 Å². The van der Waals surface area contributed by atoms with Crippen LogP contribution >= 0.6 is 0 Å². The van der Waals surface area contributed by atoms with E-state index < -0.39 is 6.04 Å². The van der Waals surface area contributed by atoms with E-state index in [2.05, 4.69) is 6.92 Å². The quantitative estimate of drug-likeness (QED) is 0.725. The molecule has 1 heterocycles. The Hall–Kier alpha value is -2.95. The zero-order valence-corrected chi connectivity index (χ0v) is 16.2. The minimum Gasteiger partial charge on any atom is -0.334 e. The Morgan fingerprint density at radius 1 is 0.964 bits per heavy atom. The number of benzene rings is 2. The zero-order valence-electron chi connectivity index (χ0n) is 16.2. The number of carbonyl (C=O) groups is 3. The Kier molecular flexibility index (Phi) is 4.75. The van der Waals surface area contributed by atoms with Gasteiger partial charge >= 0.3 is 0 Å². The minimum absolute atomic E-state index is 0.0744. The highest BCUT2D eigenvalue weighted by molar-refractivity contribution is 6.22. The Labute approximate surface area is 164 Å². The molecule has 0 saturated heterocycles. The monoisotopic (exact) mass is 376 g/mol. The van der Waals surface area contributed by atoms with Gasteiger partial charge in [-0.1, -0.05) is 42.5 Å². The number of fused-ring (bicyclic) bond motifs is 1. The summed E-state index contributed by atoms with van der Waals surface area (Å²) in [7, 11) is 0. The van der Waals surface area contributed by atoms with Gasteiger partial charge in [-0.2, -0.15) is 0 Å². The Morgan fingerprint density at radius 3 is 2.04 bits per heavy atom. The molecule has 144 valence electrons. The van der Waals surface area contributed by atoms with E-state index in [4.69, 9.17) is 0 Å². The Balaban J connectivity index is 1.59. The first kappa shape index (κ1) is 18.4. The molecule has 3 amide bonds. The average Bonchev–Trinajstić information content (AvgIpc) is 3.53. The molecule has 5 nitrogen and oxygen atoms in total. The molecule has 4 rings (SSSR count). The van der Waals surface area contributed by atoms with Crippen molar-refractivity contribution in [3.8, 4) is 0 Å². The van der Waals surface area contributed by atoms with Gasteiger partial charge in [-0.15, -0.1) is 0 Å². The van der Waals surface area contributed by atoms with Gasteiger partial charge in [0.1, 0.15) is 6.04 Å². The molecule has 0 spiro atoms. The number of imide groups is 1. The van der Waals surface area contributed by atoms with E-state index in [0.29, 0.717) is 23.6 Å². The fourth-order valence-corrected chi connectivity index (χ4v) is 3.95. The second-order valence-corrected chi connectivity index (χ2v) is 7.73. The van der Waals surface area contributed by atoms with E-state index in [0.717, 1.165) is 23.3 Å². The summed E-state index contributed by atoms with van der Waals surface area (Å²) in [5.41, 5.74) is 1.78. The lowest BCUT2D eigenvalue weighted by atomic mass is 10.1. The van der Waals surface area contributed by atoms with Gasteiger partial charge in [-0.25, -0.2) is 0 Å². The summed E-state index contributed by atoms with van der Waals surface area (Å²) in [6, 6.07) is 15.8. The van der Waals surface area contributed by atoms with E-state index in [-0.39, 0.29) is 23.8 Å². The highest BCUT2D eigenvalue weighted by atomic mass is 16.2. The molecule has 1 saturated carbocycles. The van der Waals surface area contributed by atoms with Crippen LogP contribution in [-0.2, 0) is 11.3 Å². The molecule has 0 N–H and O–H groups in total. The van der Waals surface area contributed by atoms with Crippen LogP contribution < -0.4 is 0 Å². The topological polar surface area (TPSA) is 57.7 Å². The van der Waals surface area contributed by atoms with Crippen LogP contribution in [0.4, 0.5) is 0 Å². The molecule has 1 aliphatic carbocycles. The maximum atomic E-state index is 13.4. The van der Waals surface area contributed by atoms with Gasteiger partial charge in [-0.3, -0.25) is 19.3 Å². The minimum atomic E-state index is -0.836. The van der Waals surface area contributed by atoms with Crippen molar-refractivity contribution in [3.05, 3.63) is 71.3 Å². The number of rotatable bonds is 6. The summed E-state index contributed by atoms with van der Waals surface area (Å²) in [5, 5.41) is 0. The van der Waals surface area contributed by atoms with Gasteiger partial charge in [-0.05, 0) is 50.3 Å². The summed E-state index contributed by atoms with van der Waals surface area (Å²) >= 11 is 0. The highest BCUT2D eigenvalue weighted by Crippen LogP contribution is 2.36. The van der Waals surface area contributed by atoms with Crippen LogP contribution in [0, 0.1) is 5.92 Å². The smallest absolute Gasteiger partial charge is 0.262 e. The first-order valence-corrected chi connectivity index (χ1v) is 9.80. The van der Waals surface area contributed by atoms with E-state index in [9.17, 15) is 14.4 Å². The third kappa shape index (κ3) is 3.21. The molecular formula is C23H24N2O3. The predicted octanol–water partition coefficient (Wildman–Crippen LogP) is 3.50. The van der Waals surface area contributed by atoms with Crippen LogP contribution in [0.2, 0.25) is 0 Å². The molecule has 0 radical (unpaired) electrons. The molecule has 0 aromatic heterocycles. The molecule has 1 aliphatic heterocycles. The zero-order chi connectivity index (χ0) is 19.8. The Bertz CT molecular complexity index is 885. The van der Waals surface area contributed by atoms with Crippen LogP contribution in [-0.4, -0.2) is 39.6 Å². The SMILES string of the molecule is CC(C1CC1)N(Cc1ccccc1)C(=O)C(C)N1C(=O)c2ccccc2C1=O. The lowest BCUT2D eigenvalue weighted by molar-refractivity contribution is -0.138. The predicted molar refractivity (Wildman–Crippen MR) is 106 cm³/mol. The summed E-state index contributed by atoms with van der Waals surface area (Å²) in [6.07, 6.45) is 2.22. The number of nitrogens with zero attached hydrogens (tertiary/aromatic N) is 2. The van der Waals surface area contributed by atoms with Crippen molar-refractivity contribution < 1.29 is 14.4 Å². The van der Waals surface area contributed by atoms with Gasteiger partial charge in [0.05, 0.1) is 11.1 Å². The number of hydrogen-bond acceptors (Lipinski definition) is 3. The maximum absolute atomic E-state index is 13.4. The second-order valence-electron chi connectivity index (χ2n) is 7.73. The molecule has 5 heteroatoms. The fourth-order valence-electron chi connectivity index (χ4n) is 3.95. The molecule has 2 atom stereocenters. The van der Waals surface area contributed by atoms with Gasteiger partial charge in [0, 0.05) is 12.6 Å². The van der Waals surface area contributed by atoms with Crippen LogP contribution in [0.3, 0.4) is 0 Å². The fraction of sp³-hybridized carbons (Fsp3) is 0.348. The number of amides is 3. The normalized spacial score (nSPS) is 18.0.